The zero-order chi connectivity index (χ0) is 18.4. The maximum atomic E-state index is 12.1. The number of carbonyl (C=O) groups is 2. The molecule has 0 saturated heterocycles. The molecule has 2 aromatic carbocycles. The number of hydrogen-bond donors (Lipinski definition) is 2. The van der Waals surface area contributed by atoms with Crippen LogP contribution in [0.3, 0.4) is 0 Å². The van der Waals surface area contributed by atoms with Gasteiger partial charge in [0, 0.05) is 12.6 Å². The molecular weight excluding hydrogens is 340 g/mol. The molecule has 0 aliphatic carbocycles. The molecule has 6 heteroatoms. The van der Waals surface area contributed by atoms with E-state index >= 15 is 0 Å². The number of benzene rings is 2. The molecule has 25 heavy (non-hydrogen) atoms. The van der Waals surface area contributed by atoms with Crippen LogP contribution in [0.4, 0.5) is 11.4 Å². The SMILES string of the molecule is CC(=O)Nc1ccc(Cl)c(NC(=O)CCOc2cc(C)cc(C)c2)c1. The minimum absolute atomic E-state index is 0.188. The fourth-order valence-corrected chi connectivity index (χ4v) is 2.56. The van der Waals surface area contributed by atoms with Crippen molar-refractivity contribution in [3.63, 3.8) is 0 Å². The van der Waals surface area contributed by atoms with Gasteiger partial charge in [-0.15, -0.1) is 0 Å². The van der Waals surface area contributed by atoms with Gasteiger partial charge in [-0.05, 0) is 55.3 Å². The average Bonchev–Trinajstić information content (AvgIpc) is 2.49. The van der Waals surface area contributed by atoms with Crippen molar-refractivity contribution in [2.24, 2.45) is 0 Å². The number of amides is 2. The van der Waals surface area contributed by atoms with E-state index in [9.17, 15) is 9.59 Å². The maximum absolute atomic E-state index is 12.1. The first-order valence-corrected chi connectivity index (χ1v) is 8.29. The van der Waals surface area contributed by atoms with E-state index in [1.54, 1.807) is 18.2 Å². The van der Waals surface area contributed by atoms with Crippen LogP contribution in [0.15, 0.2) is 36.4 Å². The summed E-state index contributed by atoms with van der Waals surface area (Å²) in [6.07, 6.45) is 0.188. The highest BCUT2D eigenvalue weighted by Gasteiger charge is 2.08. The molecule has 0 heterocycles. The molecule has 2 N–H and O–H groups in total. The fraction of sp³-hybridized carbons (Fsp3) is 0.263. The summed E-state index contributed by atoms with van der Waals surface area (Å²) in [5.74, 6) is 0.337. The van der Waals surface area contributed by atoms with Crippen LogP contribution in [0.1, 0.15) is 24.5 Å². The molecule has 132 valence electrons. The Morgan fingerprint density at radius 2 is 1.72 bits per heavy atom. The van der Waals surface area contributed by atoms with Crippen LogP contribution >= 0.6 is 11.6 Å². The number of halogens is 1. The van der Waals surface area contributed by atoms with Crippen LogP contribution in [0, 0.1) is 13.8 Å². The second kappa shape index (κ2) is 8.53. The summed E-state index contributed by atoms with van der Waals surface area (Å²) >= 11 is 6.08. The second-order valence-corrected chi connectivity index (χ2v) is 6.25. The number of aryl methyl sites for hydroxylation is 2. The predicted molar refractivity (Wildman–Crippen MR) is 100 cm³/mol. The summed E-state index contributed by atoms with van der Waals surface area (Å²) in [4.78, 5) is 23.2. The Bertz CT molecular complexity index is 770. The van der Waals surface area contributed by atoms with E-state index in [0.29, 0.717) is 16.4 Å². The molecule has 0 bridgehead atoms. The lowest BCUT2D eigenvalue weighted by atomic mass is 10.1. The zero-order valence-electron chi connectivity index (χ0n) is 14.5. The van der Waals surface area contributed by atoms with Gasteiger partial charge in [0.05, 0.1) is 23.7 Å². The van der Waals surface area contributed by atoms with Gasteiger partial charge in [0.2, 0.25) is 11.8 Å². The number of carbonyl (C=O) groups excluding carboxylic acids is 2. The van der Waals surface area contributed by atoms with Crippen LogP contribution in [0.25, 0.3) is 0 Å². The minimum atomic E-state index is -0.216. The topological polar surface area (TPSA) is 67.4 Å². The lowest BCUT2D eigenvalue weighted by Crippen LogP contribution is -2.16. The average molecular weight is 361 g/mol. The molecule has 0 radical (unpaired) electrons. The summed E-state index contributed by atoms with van der Waals surface area (Å²) in [6, 6.07) is 10.8. The monoisotopic (exact) mass is 360 g/mol. The standard InChI is InChI=1S/C19H21ClN2O3/c1-12-8-13(2)10-16(9-12)25-7-6-19(24)22-18-11-15(21-14(3)23)4-5-17(18)20/h4-5,8-11H,6-7H2,1-3H3,(H,21,23)(H,22,24). The van der Waals surface area contributed by atoms with Gasteiger partial charge >= 0.3 is 0 Å². The predicted octanol–water partition coefficient (Wildman–Crippen LogP) is 4.32. The summed E-state index contributed by atoms with van der Waals surface area (Å²) in [5.41, 5.74) is 3.24. The van der Waals surface area contributed by atoms with Gasteiger partial charge in [0.15, 0.2) is 0 Å². The molecule has 0 saturated carbocycles. The van der Waals surface area contributed by atoms with E-state index in [0.717, 1.165) is 16.9 Å². The summed E-state index contributed by atoms with van der Waals surface area (Å²) in [6.45, 7) is 5.67. The van der Waals surface area contributed by atoms with Crippen molar-refractivity contribution in [2.45, 2.75) is 27.2 Å². The third kappa shape index (κ3) is 6.12. The van der Waals surface area contributed by atoms with Crippen molar-refractivity contribution in [3.8, 4) is 5.75 Å². The highest BCUT2D eigenvalue weighted by Crippen LogP contribution is 2.25. The Balaban J connectivity index is 1.90. The normalized spacial score (nSPS) is 10.2. The lowest BCUT2D eigenvalue weighted by molar-refractivity contribution is -0.116. The molecule has 0 aromatic heterocycles. The quantitative estimate of drug-likeness (QED) is 0.806. The lowest BCUT2D eigenvalue weighted by Gasteiger charge is -2.11. The summed E-state index contributed by atoms with van der Waals surface area (Å²) < 4.78 is 5.63. The van der Waals surface area contributed by atoms with E-state index in [4.69, 9.17) is 16.3 Å². The first-order chi connectivity index (χ1) is 11.8. The molecule has 0 atom stereocenters. The van der Waals surface area contributed by atoms with Crippen molar-refractivity contribution >= 4 is 34.8 Å². The largest absolute Gasteiger partial charge is 0.493 e. The van der Waals surface area contributed by atoms with E-state index in [1.165, 1.54) is 6.92 Å². The van der Waals surface area contributed by atoms with Crippen molar-refractivity contribution in [1.29, 1.82) is 0 Å². The Morgan fingerprint density at radius 3 is 2.36 bits per heavy atom. The first kappa shape index (κ1) is 18.8. The molecule has 0 spiro atoms. The minimum Gasteiger partial charge on any atom is -0.493 e. The highest BCUT2D eigenvalue weighted by molar-refractivity contribution is 6.33. The number of hydrogen-bond acceptors (Lipinski definition) is 3. The molecule has 2 aromatic rings. The third-order valence-corrected chi connectivity index (χ3v) is 3.68. The molecule has 0 aliphatic heterocycles. The van der Waals surface area contributed by atoms with Crippen LogP contribution in [0.5, 0.6) is 5.75 Å². The highest BCUT2D eigenvalue weighted by atomic mass is 35.5. The smallest absolute Gasteiger partial charge is 0.227 e. The molecular formula is C19H21ClN2O3. The summed E-state index contributed by atoms with van der Waals surface area (Å²) in [7, 11) is 0. The first-order valence-electron chi connectivity index (χ1n) is 7.91. The van der Waals surface area contributed by atoms with Crippen molar-refractivity contribution in [3.05, 3.63) is 52.5 Å². The van der Waals surface area contributed by atoms with Gasteiger partial charge in [-0.2, -0.15) is 0 Å². The van der Waals surface area contributed by atoms with Gasteiger partial charge in [-0.3, -0.25) is 9.59 Å². The molecule has 5 nitrogen and oxygen atoms in total. The molecule has 2 amide bonds. The molecule has 2 rings (SSSR count). The van der Waals surface area contributed by atoms with E-state index in [1.807, 2.05) is 26.0 Å². The molecule has 0 unspecified atom stereocenters. The number of rotatable bonds is 6. The van der Waals surface area contributed by atoms with Crippen LogP contribution < -0.4 is 15.4 Å². The number of ether oxygens (including phenoxy) is 1. The van der Waals surface area contributed by atoms with Gasteiger partial charge in [-0.1, -0.05) is 17.7 Å². The summed E-state index contributed by atoms with van der Waals surface area (Å²) in [5, 5.41) is 5.78. The van der Waals surface area contributed by atoms with Crippen molar-refractivity contribution in [2.75, 3.05) is 17.2 Å². The van der Waals surface area contributed by atoms with Crippen LogP contribution in [-0.4, -0.2) is 18.4 Å². The van der Waals surface area contributed by atoms with Crippen LogP contribution in [0.2, 0.25) is 5.02 Å². The molecule has 0 fully saturated rings. The van der Waals surface area contributed by atoms with E-state index in [-0.39, 0.29) is 24.8 Å². The van der Waals surface area contributed by atoms with Gasteiger partial charge in [0.25, 0.3) is 0 Å². The van der Waals surface area contributed by atoms with Gasteiger partial charge < -0.3 is 15.4 Å². The number of nitrogens with one attached hydrogen (secondary N) is 2. The second-order valence-electron chi connectivity index (χ2n) is 5.85. The van der Waals surface area contributed by atoms with Gasteiger partial charge in [0.1, 0.15) is 5.75 Å². The van der Waals surface area contributed by atoms with E-state index in [2.05, 4.69) is 16.7 Å². The third-order valence-electron chi connectivity index (χ3n) is 3.35. The Hall–Kier alpha value is -2.53. The van der Waals surface area contributed by atoms with E-state index < -0.39 is 0 Å². The van der Waals surface area contributed by atoms with Crippen LogP contribution in [-0.2, 0) is 9.59 Å². The molecule has 0 aliphatic rings. The Labute approximate surface area is 152 Å². The van der Waals surface area contributed by atoms with Crippen molar-refractivity contribution < 1.29 is 14.3 Å². The Kier molecular flexibility index (Phi) is 6.42. The fourth-order valence-electron chi connectivity index (χ4n) is 2.39. The maximum Gasteiger partial charge on any atom is 0.227 e. The number of anilines is 2. The van der Waals surface area contributed by atoms with Gasteiger partial charge in [-0.25, -0.2) is 0 Å². The van der Waals surface area contributed by atoms with Crippen molar-refractivity contribution in [1.82, 2.24) is 0 Å². The Morgan fingerprint density at radius 1 is 1.04 bits per heavy atom. The zero-order valence-corrected chi connectivity index (χ0v) is 15.2.